The van der Waals surface area contributed by atoms with Crippen LogP contribution >= 0.6 is 0 Å². The highest BCUT2D eigenvalue weighted by atomic mass is 16.6. The molecule has 0 spiro atoms. The third-order valence-electron chi connectivity index (χ3n) is 3.80. The zero-order chi connectivity index (χ0) is 16.9. The van der Waals surface area contributed by atoms with Gasteiger partial charge >= 0.3 is 12.1 Å². The van der Waals surface area contributed by atoms with Crippen LogP contribution < -0.4 is 5.32 Å². The standard InChI is InChI=1S/C18H25NO4/c1-17(2,3)23-15(20)18(11-7-8-12-18)19-16(21)22-13-14-9-5-4-6-10-14/h4-6,9-10H,7-8,11-13H2,1-3H3,(H,19,21). The summed E-state index contributed by atoms with van der Waals surface area (Å²) in [7, 11) is 0. The molecule has 0 bridgehead atoms. The molecule has 0 saturated heterocycles. The lowest BCUT2D eigenvalue weighted by molar-refractivity contribution is -0.162. The van der Waals surface area contributed by atoms with E-state index >= 15 is 0 Å². The van der Waals surface area contributed by atoms with Crippen molar-refractivity contribution in [2.24, 2.45) is 0 Å². The molecule has 0 atom stereocenters. The van der Waals surface area contributed by atoms with Gasteiger partial charge in [-0.05, 0) is 39.2 Å². The number of esters is 1. The van der Waals surface area contributed by atoms with Gasteiger partial charge in [-0.1, -0.05) is 43.2 Å². The smallest absolute Gasteiger partial charge is 0.408 e. The van der Waals surface area contributed by atoms with Crippen LogP contribution in [-0.2, 0) is 20.9 Å². The van der Waals surface area contributed by atoms with Crippen LogP contribution in [0.2, 0.25) is 0 Å². The molecule has 1 fully saturated rings. The quantitative estimate of drug-likeness (QED) is 0.862. The van der Waals surface area contributed by atoms with Crippen molar-refractivity contribution in [3.05, 3.63) is 35.9 Å². The monoisotopic (exact) mass is 319 g/mol. The van der Waals surface area contributed by atoms with Gasteiger partial charge in [-0.2, -0.15) is 0 Å². The third kappa shape index (κ3) is 4.98. The van der Waals surface area contributed by atoms with Gasteiger partial charge in [-0.3, -0.25) is 0 Å². The summed E-state index contributed by atoms with van der Waals surface area (Å²) >= 11 is 0. The number of carbonyl (C=O) groups is 2. The van der Waals surface area contributed by atoms with Crippen molar-refractivity contribution in [1.29, 1.82) is 0 Å². The van der Waals surface area contributed by atoms with Crippen LogP contribution in [0, 0.1) is 0 Å². The van der Waals surface area contributed by atoms with Crippen LogP contribution in [0.3, 0.4) is 0 Å². The number of rotatable bonds is 4. The molecule has 0 heterocycles. The number of carbonyl (C=O) groups excluding carboxylic acids is 2. The normalized spacial score (nSPS) is 16.7. The van der Waals surface area contributed by atoms with Crippen molar-refractivity contribution in [2.45, 2.75) is 64.2 Å². The van der Waals surface area contributed by atoms with Crippen molar-refractivity contribution >= 4 is 12.1 Å². The minimum atomic E-state index is -0.957. The van der Waals surface area contributed by atoms with E-state index in [0.717, 1.165) is 18.4 Å². The van der Waals surface area contributed by atoms with Crippen LogP contribution in [0.1, 0.15) is 52.0 Å². The Morgan fingerprint density at radius 1 is 1.13 bits per heavy atom. The summed E-state index contributed by atoms with van der Waals surface area (Å²) in [5, 5.41) is 2.75. The summed E-state index contributed by atoms with van der Waals surface area (Å²) in [6.07, 6.45) is 2.36. The highest BCUT2D eigenvalue weighted by Crippen LogP contribution is 2.32. The highest BCUT2D eigenvalue weighted by Gasteiger charge is 2.45. The summed E-state index contributed by atoms with van der Waals surface area (Å²) in [5.41, 5.74) is -0.635. The number of hydrogen-bond acceptors (Lipinski definition) is 4. The van der Waals surface area contributed by atoms with Gasteiger partial charge in [0, 0.05) is 0 Å². The van der Waals surface area contributed by atoms with Gasteiger partial charge in [0.15, 0.2) is 0 Å². The Bertz CT molecular complexity index is 542. The van der Waals surface area contributed by atoms with Gasteiger partial charge in [-0.25, -0.2) is 9.59 Å². The highest BCUT2D eigenvalue weighted by molar-refractivity contribution is 5.86. The Morgan fingerprint density at radius 2 is 1.74 bits per heavy atom. The van der Waals surface area contributed by atoms with E-state index in [0.29, 0.717) is 12.8 Å². The maximum absolute atomic E-state index is 12.5. The fraction of sp³-hybridized carbons (Fsp3) is 0.556. The van der Waals surface area contributed by atoms with Crippen molar-refractivity contribution in [3.63, 3.8) is 0 Å². The SMILES string of the molecule is CC(C)(C)OC(=O)C1(NC(=O)OCc2ccccc2)CCCC1. The number of alkyl carbamates (subject to hydrolysis) is 1. The fourth-order valence-corrected chi connectivity index (χ4v) is 2.69. The molecule has 5 nitrogen and oxygen atoms in total. The molecular weight excluding hydrogens is 294 g/mol. The molecular formula is C18H25NO4. The Hall–Kier alpha value is -2.04. The third-order valence-corrected chi connectivity index (χ3v) is 3.80. The van der Waals surface area contributed by atoms with Gasteiger partial charge in [-0.15, -0.1) is 0 Å². The second kappa shape index (κ2) is 7.02. The van der Waals surface area contributed by atoms with Crippen molar-refractivity contribution in [2.75, 3.05) is 0 Å². The number of hydrogen-bond donors (Lipinski definition) is 1. The molecule has 1 saturated carbocycles. The molecule has 0 aliphatic heterocycles. The molecule has 0 aromatic heterocycles. The van der Waals surface area contributed by atoms with Crippen LogP contribution in [-0.4, -0.2) is 23.2 Å². The largest absolute Gasteiger partial charge is 0.458 e. The average Bonchev–Trinajstić information content (AvgIpc) is 2.94. The molecule has 1 aromatic rings. The van der Waals surface area contributed by atoms with E-state index in [-0.39, 0.29) is 12.6 Å². The van der Waals surface area contributed by atoms with Crippen molar-refractivity contribution < 1.29 is 19.1 Å². The minimum Gasteiger partial charge on any atom is -0.458 e. The molecule has 126 valence electrons. The van der Waals surface area contributed by atoms with Crippen LogP contribution in [0.4, 0.5) is 4.79 Å². The Labute approximate surface area is 137 Å². The minimum absolute atomic E-state index is 0.178. The predicted octanol–water partition coefficient (Wildman–Crippen LogP) is 3.57. The first kappa shape index (κ1) is 17.3. The maximum atomic E-state index is 12.5. The van der Waals surface area contributed by atoms with E-state index in [2.05, 4.69) is 5.32 Å². The first-order valence-corrected chi connectivity index (χ1v) is 8.03. The van der Waals surface area contributed by atoms with E-state index in [1.54, 1.807) is 0 Å². The van der Waals surface area contributed by atoms with Crippen LogP contribution in [0.5, 0.6) is 0 Å². The maximum Gasteiger partial charge on any atom is 0.408 e. The predicted molar refractivity (Wildman–Crippen MR) is 86.8 cm³/mol. The molecule has 23 heavy (non-hydrogen) atoms. The Balaban J connectivity index is 1.96. The molecule has 2 rings (SSSR count). The van der Waals surface area contributed by atoms with E-state index in [4.69, 9.17) is 9.47 Å². The second-order valence-corrected chi connectivity index (χ2v) is 6.98. The first-order chi connectivity index (χ1) is 10.8. The Kier molecular flexibility index (Phi) is 5.29. The first-order valence-electron chi connectivity index (χ1n) is 8.03. The van der Waals surface area contributed by atoms with Crippen LogP contribution in [0.25, 0.3) is 0 Å². The zero-order valence-electron chi connectivity index (χ0n) is 14.1. The summed E-state index contributed by atoms with van der Waals surface area (Å²) < 4.78 is 10.7. The molecule has 1 N–H and O–H groups in total. The number of nitrogens with one attached hydrogen (secondary N) is 1. The molecule has 1 amide bonds. The number of ether oxygens (including phenoxy) is 2. The van der Waals surface area contributed by atoms with Crippen LogP contribution in [0.15, 0.2) is 30.3 Å². The van der Waals surface area contributed by atoms with Gasteiger partial charge in [0.05, 0.1) is 0 Å². The summed E-state index contributed by atoms with van der Waals surface area (Å²) in [5.74, 6) is -0.376. The lowest BCUT2D eigenvalue weighted by Crippen LogP contribution is -2.54. The molecule has 5 heteroatoms. The summed E-state index contributed by atoms with van der Waals surface area (Å²) in [6.45, 7) is 5.64. The molecule has 0 unspecified atom stereocenters. The van der Waals surface area contributed by atoms with Gasteiger partial charge in [0.1, 0.15) is 17.7 Å². The molecule has 1 aliphatic carbocycles. The lowest BCUT2D eigenvalue weighted by atomic mass is 9.97. The van der Waals surface area contributed by atoms with Crippen molar-refractivity contribution in [1.82, 2.24) is 5.32 Å². The fourth-order valence-electron chi connectivity index (χ4n) is 2.69. The van der Waals surface area contributed by atoms with Gasteiger partial charge < -0.3 is 14.8 Å². The molecule has 1 aromatic carbocycles. The number of amides is 1. The number of benzene rings is 1. The van der Waals surface area contributed by atoms with Gasteiger partial charge in [0.2, 0.25) is 0 Å². The lowest BCUT2D eigenvalue weighted by Gasteiger charge is -2.31. The molecule has 1 aliphatic rings. The second-order valence-electron chi connectivity index (χ2n) is 6.98. The average molecular weight is 319 g/mol. The van der Waals surface area contributed by atoms with E-state index in [1.165, 1.54) is 0 Å². The van der Waals surface area contributed by atoms with E-state index in [9.17, 15) is 9.59 Å². The van der Waals surface area contributed by atoms with E-state index in [1.807, 2.05) is 51.1 Å². The van der Waals surface area contributed by atoms with E-state index < -0.39 is 17.2 Å². The topological polar surface area (TPSA) is 64.6 Å². The van der Waals surface area contributed by atoms with Crippen molar-refractivity contribution in [3.8, 4) is 0 Å². The molecule has 0 radical (unpaired) electrons. The zero-order valence-corrected chi connectivity index (χ0v) is 14.1. The summed E-state index contributed by atoms with van der Waals surface area (Å²) in [4.78, 5) is 24.6. The Morgan fingerprint density at radius 3 is 2.30 bits per heavy atom. The summed E-state index contributed by atoms with van der Waals surface area (Å²) in [6, 6.07) is 9.43. The van der Waals surface area contributed by atoms with Gasteiger partial charge in [0.25, 0.3) is 0 Å².